The molecule has 2 N–H and O–H groups in total. The van der Waals surface area contributed by atoms with E-state index < -0.39 is 39.0 Å². The molecular weight excluding hydrogens is 393 g/mol. The van der Waals surface area contributed by atoms with Crippen LogP contribution in [0.3, 0.4) is 0 Å². The van der Waals surface area contributed by atoms with Gasteiger partial charge in [0.2, 0.25) is 10.0 Å². The summed E-state index contributed by atoms with van der Waals surface area (Å²) in [7, 11) is -3.52. The maximum absolute atomic E-state index is 12.6. The fourth-order valence-electron chi connectivity index (χ4n) is 2.63. The molecule has 1 atom stereocenters. The average molecular weight is 416 g/mol. The zero-order chi connectivity index (χ0) is 21.3. The fourth-order valence-corrected chi connectivity index (χ4v) is 3.39. The third kappa shape index (κ3) is 5.15. The summed E-state index contributed by atoms with van der Waals surface area (Å²) in [5.74, 6) is -0.433. The molecule has 0 heterocycles. The highest BCUT2D eigenvalue weighted by atomic mass is 32.2. The molecule has 0 fully saturated rings. The standard InChI is InChI=1S/C19H23F3N2O3S/c1-11(2)28(26,27)24-17-10-12(3)16(9-13(17)4)18(25)23-15-7-5-14(6-8-15)19(20,21)22/h5-7,9-11,15,24H,8H2,1-4H3,(H,23,25). The van der Waals surface area contributed by atoms with Crippen LogP contribution in [0.2, 0.25) is 0 Å². The third-order valence-corrected chi connectivity index (χ3v) is 6.18. The second-order valence-corrected chi connectivity index (χ2v) is 9.25. The van der Waals surface area contributed by atoms with Crippen molar-refractivity contribution in [2.45, 2.75) is 51.6 Å². The highest BCUT2D eigenvalue weighted by Crippen LogP contribution is 2.29. The Hall–Kier alpha value is -2.29. The van der Waals surface area contributed by atoms with E-state index in [1.54, 1.807) is 39.8 Å². The second-order valence-electron chi connectivity index (χ2n) is 7.01. The normalized spacial score (nSPS) is 17.4. The van der Waals surface area contributed by atoms with Crippen molar-refractivity contribution in [1.82, 2.24) is 5.32 Å². The van der Waals surface area contributed by atoms with E-state index in [-0.39, 0.29) is 6.42 Å². The summed E-state index contributed by atoms with van der Waals surface area (Å²) >= 11 is 0. The predicted molar refractivity (Wildman–Crippen MR) is 103 cm³/mol. The van der Waals surface area contributed by atoms with E-state index in [9.17, 15) is 26.4 Å². The van der Waals surface area contributed by atoms with Gasteiger partial charge in [0.25, 0.3) is 5.91 Å². The first kappa shape index (κ1) is 22.0. The zero-order valence-electron chi connectivity index (χ0n) is 16.0. The lowest BCUT2D eigenvalue weighted by Crippen LogP contribution is -2.35. The summed E-state index contributed by atoms with van der Waals surface area (Å²) < 4.78 is 64.6. The Morgan fingerprint density at radius 1 is 1.18 bits per heavy atom. The van der Waals surface area contributed by atoms with Gasteiger partial charge in [-0.25, -0.2) is 8.42 Å². The Morgan fingerprint density at radius 3 is 2.32 bits per heavy atom. The van der Waals surface area contributed by atoms with Crippen LogP contribution < -0.4 is 10.0 Å². The number of hydrogen-bond donors (Lipinski definition) is 2. The predicted octanol–water partition coefficient (Wildman–Crippen LogP) is 4.00. The van der Waals surface area contributed by atoms with Gasteiger partial charge in [-0.05, 0) is 57.4 Å². The number of aryl methyl sites for hydroxylation is 2. The molecule has 1 aliphatic carbocycles. The van der Waals surface area contributed by atoms with Gasteiger partial charge in [0.05, 0.1) is 22.6 Å². The highest BCUT2D eigenvalue weighted by Gasteiger charge is 2.33. The van der Waals surface area contributed by atoms with Gasteiger partial charge in [-0.2, -0.15) is 13.2 Å². The van der Waals surface area contributed by atoms with Gasteiger partial charge in [0, 0.05) is 5.56 Å². The Balaban J connectivity index is 2.14. The summed E-state index contributed by atoms with van der Waals surface area (Å²) in [6, 6.07) is 2.59. The number of alkyl halides is 3. The number of carbonyl (C=O) groups excluding carboxylic acids is 1. The van der Waals surface area contributed by atoms with Crippen LogP contribution in [0.5, 0.6) is 0 Å². The van der Waals surface area contributed by atoms with Crippen molar-refractivity contribution in [3.63, 3.8) is 0 Å². The first-order valence-corrected chi connectivity index (χ1v) is 10.2. The van der Waals surface area contributed by atoms with Crippen molar-refractivity contribution < 1.29 is 26.4 Å². The molecule has 1 aromatic rings. The molecule has 1 amide bonds. The molecule has 0 aliphatic heterocycles. The van der Waals surface area contributed by atoms with Gasteiger partial charge in [-0.15, -0.1) is 0 Å². The van der Waals surface area contributed by atoms with Crippen LogP contribution in [0.4, 0.5) is 18.9 Å². The van der Waals surface area contributed by atoms with Crippen LogP contribution >= 0.6 is 0 Å². The van der Waals surface area contributed by atoms with E-state index in [0.717, 1.165) is 12.2 Å². The quantitative estimate of drug-likeness (QED) is 0.762. The molecule has 0 radical (unpaired) electrons. The topological polar surface area (TPSA) is 75.3 Å². The average Bonchev–Trinajstić information content (AvgIpc) is 2.57. The number of carbonyl (C=O) groups is 1. The van der Waals surface area contributed by atoms with Gasteiger partial charge in [0.15, 0.2) is 0 Å². The van der Waals surface area contributed by atoms with Crippen molar-refractivity contribution in [2.75, 3.05) is 4.72 Å². The Labute approximate surface area is 162 Å². The first-order valence-electron chi connectivity index (χ1n) is 8.70. The maximum atomic E-state index is 12.6. The van der Waals surface area contributed by atoms with Crippen LogP contribution in [0.1, 0.15) is 41.8 Å². The van der Waals surface area contributed by atoms with Gasteiger partial charge in [-0.1, -0.05) is 18.2 Å². The minimum atomic E-state index is -4.40. The van der Waals surface area contributed by atoms with Crippen molar-refractivity contribution in [2.24, 2.45) is 0 Å². The van der Waals surface area contributed by atoms with Gasteiger partial charge >= 0.3 is 6.18 Å². The third-order valence-electron chi connectivity index (χ3n) is 4.43. The fraction of sp³-hybridized carbons (Fsp3) is 0.421. The van der Waals surface area contributed by atoms with E-state index >= 15 is 0 Å². The van der Waals surface area contributed by atoms with Crippen LogP contribution in [0.15, 0.2) is 35.9 Å². The summed E-state index contributed by atoms with van der Waals surface area (Å²) in [5.41, 5.74) is 1.11. The molecule has 0 bridgehead atoms. The number of allylic oxidation sites excluding steroid dienone is 2. The number of benzene rings is 1. The van der Waals surface area contributed by atoms with Crippen LogP contribution in [0, 0.1) is 13.8 Å². The molecule has 1 unspecified atom stereocenters. The van der Waals surface area contributed by atoms with Crippen molar-refractivity contribution in [1.29, 1.82) is 0 Å². The largest absolute Gasteiger partial charge is 0.416 e. The minimum absolute atomic E-state index is 0.0430. The Morgan fingerprint density at radius 2 is 1.82 bits per heavy atom. The van der Waals surface area contributed by atoms with E-state index in [4.69, 9.17) is 0 Å². The van der Waals surface area contributed by atoms with Gasteiger partial charge in [0.1, 0.15) is 0 Å². The molecule has 0 saturated heterocycles. The molecule has 2 rings (SSSR count). The molecular formula is C19H23F3N2O3S. The first-order chi connectivity index (χ1) is 12.8. The van der Waals surface area contributed by atoms with E-state index in [1.165, 1.54) is 6.08 Å². The molecule has 1 aliphatic rings. The lowest BCUT2D eigenvalue weighted by atomic mass is 10.0. The molecule has 9 heteroatoms. The summed E-state index contributed by atoms with van der Waals surface area (Å²) in [6.45, 7) is 6.46. The molecule has 1 aromatic carbocycles. The van der Waals surface area contributed by atoms with Crippen LogP contribution in [-0.4, -0.2) is 31.8 Å². The SMILES string of the molecule is Cc1cc(C(=O)NC2C=CC(C(F)(F)F)=CC2)c(C)cc1NS(=O)(=O)C(C)C. The van der Waals surface area contributed by atoms with E-state index in [0.29, 0.717) is 22.4 Å². The smallest absolute Gasteiger partial charge is 0.346 e. The number of hydrogen-bond acceptors (Lipinski definition) is 3. The summed E-state index contributed by atoms with van der Waals surface area (Å²) in [6.07, 6.45) is -1.04. The Bertz CT molecular complexity index is 932. The minimum Gasteiger partial charge on any atom is -0.346 e. The van der Waals surface area contributed by atoms with E-state index in [1.807, 2.05) is 0 Å². The highest BCUT2D eigenvalue weighted by molar-refractivity contribution is 7.93. The maximum Gasteiger partial charge on any atom is 0.416 e. The monoisotopic (exact) mass is 416 g/mol. The number of anilines is 1. The summed E-state index contributed by atoms with van der Waals surface area (Å²) in [5, 5.41) is 2.08. The number of sulfonamides is 1. The lowest BCUT2D eigenvalue weighted by Gasteiger charge is -2.20. The second kappa shape index (κ2) is 7.98. The van der Waals surface area contributed by atoms with Gasteiger partial charge in [-0.3, -0.25) is 9.52 Å². The molecule has 0 saturated carbocycles. The molecule has 154 valence electrons. The van der Waals surface area contributed by atoms with Crippen LogP contribution in [0.25, 0.3) is 0 Å². The molecule has 28 heavy (non-hydrogen) atoms. The van der Waals surface area contributed by atoms with Crippen LogP contribution in [-0.2, 0) is 10.0 Å². The van der Waals surface area contributed by atoms with Crippen molar-refractivity contribution in [3.8, 4) is 0 Å². The summed E-state index contributed by atoms with van der Waals surface area (Å²) in [4.78, 5) is 12.5. The number of amides is 1. The molecule has 5 nitrogen and oxygen atoms in total. The van der Waals surface area contributed by atoms with E-state index in [2.05, 4.69) is 10.0 Å². The number of halogens is 3. The lowest BCUT2D eigenvalue weighted by molar-refractivity contribution is -0.0886. The molecule has 0 spiro atoms. The molecule has 0 aromatic heterocycles. The zero-order valence-corrected chi connectivity index (χ0v) is 16.8. The van der Waals surface area contributed by atoms with Crippen molar-refractivity contribution in [3.05, 3.63) is 52.6 Å². The number of nitrogens with one attached hydrogen (secondary N) is 2. The van der Waals surface area contributed by atoms with Crippen molar-refractivity contribution >= 4 is 21.6 Å². The Kier molecular flexibility index (Phi) is 6.27. The number of rotatable bonds is 5. The van der Waals surface area contributed by atoms with Gasteiger partial charge < -0.3 is 5.32 Å².